The summed E-state index contributed by atoms with van der Waals surface area (Å²) in [6.45, 7) is 9.59. The van der Waals surface area contributed by atoms with Crippen molar-refractivity contribution >= 4 is 41.7 Å². The van der Waals surface area contributed by atoms with Gasteiger partial charge < -0.3 is 14.6 Å². The minimum Gasteiger partial charge on any atom is -0.400 e. The lowest BCUT2D eigenvalue weighted by molar-refractivity contribution is -0.115. The Morgan fingerprint density at radius 2 is 1.92 bits per heavy atom. The van der Waals surface area contributed by atoms with E-state index < -0.39 is 18.3 Å². The molecule has 2 heterocycles. The van der Waals surface area contributed by atoms with E-state index in [0.29, 0.717) is 12.2 Å². The Morgan fingerprint density at radius 3 is 2.54 bits per heavy atom. The maximum atomic E-state index is 11.6. The van der Waals surface area contributed by atoms with Crippen molar-refractivity contribution in [2.24, 2.45) is 0 Å². The molecule has 0 aliphatic carbocycles. The van der Waals surface area contributed by atoms with Crippen LogP contribution < -0.4 is 5.32 Å². The average Bonchev–Trinajstić information content (AvgIpc) is 2.98. The molecule has 26 heavy (non-hydrogen) atoms. The van der Waals surface area contributed by atoms with E-state index in [2.05, 4.69) is 5.32 Å². The van der Waals surface area contributed by atoms with Gasteiger partial charge in [-0.2, -0.15) is 0 Å². The van der Waals surface area contributed by atoms with E-state index in [1.165, 1.54) is 11.8 Å². The molecule has 0 atom stereocenters. The summed E-state index contributed by atoms with van der Waals surface area (Å²) in [6, 6.07) is 5.86. The average molecular weight is 373 g/mol. The molecule has 138 valence electrons. The fraction of sp³-hybridized carbons (Fsp3) is 0.474. The third-order valence-electron chi connectivity index (χ3n) is 5.10. The van der Waals surface area contributed by atoms with E-state index in [9.17, 15) is 9.59 Å². The maximum Gasteiger partial charge on any atom is 0.491 e. The van der Waals surface area contributed by atoms with Crippen LogP contribution in [0.15, 0.2) is 23.7 Å². The fourth-order valence-corrected chi connectivity index (χ4v) is 3.50. The molecule has 3 rings (SSSR count). The summed E-state index contributed by atoms with van der Waals surface area (Å²) in [7, 11) is -0.500. The summed E-state index contributed by atoms with van der Waals surface area (Å²) in [5, 5.41) is 2.89. The van der Waals surface area contributed by atoms with E-state index in [4.69, 9.17) is 9.31 Å². The number of hydrogen-bond donors (Lipinski definition) is 1. The van der Waals surface area contributed by atoms with Crippen molar-refractivity contribution in [3.8, 4) is 0 Å². The minimum absolute atomic E-state index is 0.0134. The second kappa shape index (κ2) is 6.87. The van der Waals surface area contributed by atoms with Crippen LogP contribution in [-0.4, -0.2) is 35.1 Å². The Hall–Kier alpha value is -1.57. The van der Waals surface area contributed by atoms with Crippen LogP contribution >= 0.6 is 11.8 Å². The molecule has 1 amide bonds. The lowest BCUT2D eigenvalue weighted by atomic mass is 9.78. The lowest BCUT2D eigenvalue weighted by Crippen LogP contribution is -2.41. The van der Waals surface area contributed by atoms with Crippen molar-refractivity contribution in [2.75, 3.05) is 11.1 Å². The largest absolute Gasteiger partial charge is 0.491 e. The smallest absolute Gasteiger partial charge is 0.400 e. The molecule has 0 radical (unpaired) electrons. The molecule has 2 aliphatic rings. The van der Waals surface area contributed by atoms with Crippen LogP contribution in [0.4, 0.5) is 5.69 Å². The van der Waals surface area contributed by atoms with Gasteiger partial charge in [0.05, 0.1) is 17.6 Å². The Bertz CT molecular complexity index is 772. The number of carbonyl (C=O) groups is 2. The van der Waals surface area contributed by atoms with Crippen LogP contribution in [0.5, 0.6) is 0 Å². The van der Waals surface area contributed by atoms with Crippen LogP contribution in [0.1, 0.15) is 45.7 Å². The number of hydrogen-bond acceptors (Lipinski definition) is 5. The second-order valence-electron chi connectivity index (χ2n) is 7.73. The predicted octanol–water partition coefficient (Wildman–Crippen LogP) is 3.48. The molecule has 0 aromatic heterocycles. The number of nitrogens with one attached hydrogen (secondary N) is 1. The van der Waals surface area contributed by atoms with Crippen molar-refractivity contribution < 1.29 is 18.9 Å². The first kappa shape index (κ1) is 19.2. The van der Waals surface area contributed by atoms with Gasteiger partial charge in [0.1, 0.15) is 0 Å². The van der Waals surface area contributed by atoms with Gasteiger partial charge >= 0.3 is 7.12 Å². The van der Waals surface area contributed by atoms with Crippen LogP contribution in [0.25, 0.3) is 6.08 Å². The number of rotatable bonds is 4. The third-order valence-corrected chi connectivity index (χ3v) is 5.99. The third kappa shape index (κ3) is 3.90. The van der Waals surface area contributed by atoms with E-state index in [1.54, 1.807) is 6.92 Å². The van der Waals surface area contributed by atoms with Gasteiger partial charge in [-0.15, -0.1) is 0 Å². The molecule has 5 nitrogen and oxygen atoms in total. The molecular weight excluding hydrogens is 349 g/mol. The van der Waals surface area contributed by atoms with Gasteiger partial charge in [-0.25, -0.2) is 0 Å². The topological polar surface area (TPSA) is 64.6 Å². The first-order chi connectivity index (χ1) is 12.1. The highest BCUT2D eigenvalue weighted by molar-refractivity contribution is 8.13. The van der Waals surface area contributed by atoms with Gasteiger partial charge in [0, 0.05) is 18.4 Å². The van der Waals surface area contributed by atoms with Crippen molar-refractivity contribution in [3.63, 3.8) is 0 Å². The van der Waals surface area contributed by atoms with Crippen LogP contribution in [0, 0.1) is 0 Å². The molecule has 1 fully saturated rings. The first-order valence-electron chi connectivity index (χ1n) is 8.70. The molecule has 1 aromatic rings. The number of anilines is 1. The monoisotopic (exact) mass is 373 g/mol. The lowest BCUT2D eigenvalue weighted by Gasteiger charge is -2.32. The predicted molar refractivity (Wildman–Crippen MR) is 106 cm³/mol. The van der Waals surface area contributed by atoms with Crippen LogP contribution in [0.2, 0.25) is 0 Å². The zero-order chi connectivity index (χ0) is 19.1. The quantitative estimate of drug-likeness (QED) is 0.819. The molecular formula is C19H24BNO4S. The van der Waals surface area contributed by atoms with Gasteiger partial charge in [0.25, 0.3) is 0 Å². The number of amides is 1. The van der Waals surface area contributed by atoms with Gasteiger partial charge in [-0.05, 0) is 56.4 Å². The van der Waals surface area contributed by atoms with Crippen molar-refractivity contribution in [3.05, 3.63) is 34.8 Å². The zero-order valence-corrected chi connectivity index (χ0v) is 16.7. The van der Waals surface area contributed by atoms with Gasteiger partial charge in [-0.3, -0.25) is 9.59 Å². The molecule has 0 saturated carbocycles. The van der Waals surface area contributed by atoms with Gasteiger partial charge in [-0.1, -0.05) is 23.9 Å². The summed E-state index contributed by atoms with van der Waals surface area (Å²) in [5.41, 5.74) is 2.84. The SMILES string of the molecule is CC(=O)SCC(=Cc1ccc2c(c1)CC(=O)N2)B1OC(C)(C)C(C)(C)O1. The molecule has 2 aliphatic heterocycles. The normalized spacial score (nSPS) is 20.9. The molecule has 1 aromatic carbocycles. The van der Waals surface area contributed by atoms with Crippen LogP contribution in [-0.2, 0) is 25.3 Å². The van der Waals surface area contributed by atoms with Crippen molar-refractivity contribution in [1.82, 2.24) is 0 Å². The fourth-order valence-electron chi connectivity index (χ4n) is 2.91. The van der Waals surface area contributed by atoms with Crippen molar-refractivity contribution in [2.45, 2.75) is 52.2 Å². The highest BCUT2D eigenvalue weighted by Crippen LogP contribution is 2.39. The zero-order valence-electron chi connectivity index (χ0n) is 15.8. The number of benzene rings is 1. The molecule has 7 heteroatoms. The van der Waals surface area contributed by atoms with Gasteiger partial charge in [0.2, 0.25) is 5.91 Å². The van der Waals surface area contributed by atoms with E-state index in [0.717, 1.165) is 22.3 Å². The Balaban J connectivity index is 1.89. The molecule has 1 N–H and O–H groups in total. The first-order valence-corrected chi connectivity index (χ1v) is 9.68. The Labute approximate surface area is 159 Å². The summed E-state index contributed by atoms with van der Waals surface area (Å²) >= 11 is 1.24. The Kier molecular flexibility index (Phi) is 5.07. The molecule has 0 spiro atoms. The van der Waals surface area contributed by atoms with E-state index in [-0.39, 0.29) is 11.0 Å². The summed E-state index contributed by atoms with van der Waals surface area (Å²) in [6.07, 6.45) is 2.40. The second-order valence-corrected chi connectivity index (χ2v) is 8.88. The highest BCUT2D eigenvalue weighted by atomic mass is 32.2. The standard InChI is InChI=1S/C19H24BNO4S/c1-12(22)26-11-15(20-24-18(2,3)19(4,5)25-20)9-13-6-7-16-14(8-13)10-17(23)21-16/h6-9H,10-11H2,1-5H3,(H,21,23). The number of thioether (sulfide) groups is 1. The van der Waals surface area contributed by atoms with Gasteiger partial charge in [0.15, 0.2) is 5.12 Å². The Morgan fingerprint density at radius 1 is 1.27 bits per heavy atom. The highest BCUT2D eigenvalue weighted by Gasteiger charge is 2.52. The summed E-state index contributed by atoms with van der Waals surface area (Å²) in [4.78, 5) is 23.0. The summed E-state index contributed by atoms with van der Waals surface area (Å²) in [5.74, 6) is 0.514. The minimum atomic E-state index is -0.500. The number of fused-ring (bicyclic) bond motifs is 1. The summed E-state index contributed by atoms with van der Waals surface area (Å²) < 4.78 is 12.3. The molecule has 0 unspecified atom stereocenters. The van der Waals surface area contributed by atoms with Crippen LogP contribution in [0.3, 0.4) is 0 Å². The number of carbonyl (C=O) groups excluding carboxylic acids is 2. The van der Waals surface area contributed by atoms with E-state index in [1.807, 2.05) is 52.0 Å². The van der Waals surface area contributed by atoms with Crippen molar-refractivity contribution in [1.29, 1.82) is 0 Å². The molecule has 0 bridgehead atoms. The van der Waals surface area contributed by atoms with E-state index >= 15 is 0 Å². The molecule has 1 saturated heterocycles. The maximum absolute atomic E-state index is 11.6.